The van der Waals surface area contributed by atoms with Crippen molar-refractivity contribution in [3.63, 3.8) is 0 Å². The fourth-order valence-electron chi connectivity index (χ4n) is 3.14. The van der Waals surface area contributed by atoms with Crippen molar-refractivity contribution in [2.45, 2.75) is 26.1 Å². The Labute approximate surface area is 131 Å². The van der Waals surface area contributed by atoms with Crippen LogP contribution in [0.1, 0.15) is 37.4 Å². The highest BCUT2D eigenvalue weighted by Crippen LogP contribution is 2.40. The largest absolute Gasteiger partial charge is 0.352 e. The number of amides is 1. The summed E-state index contributed by atoms with van der Waals surface area (Å²) in [4.78, 5) is 16.7. The number of quaternary nitrogens is 1. The quantitative estimate of drug-likeness (QED) is 0.746. The van der Waals surface area contributed by atoms with Crippen LogP contribution >= 0.6 is 22.7 Å². The molecule has 6 heteroatoms. The molecule has 4 nitrogen and oxygen atoms in total. The SMILES string of the molecule is Cc1ccsc1[C@H]1NC(=O)c2c(sc3c2CC[NH+](C)C3)N1. The summed E-state index contributed by atoms with van der Waals surface area (Å²) >= 11 is 3.46. The maximum Gasteiger partial charge on any atom is 0.256 e. The van der Waals surface area contributed by atoms with Gasteiger partial charge in [-0.05, 0) is 29.5 Å². The maximum absolute atomic E-state index is 12.6. The summed E-state index contributed by atoms with van der Waals surface area (Å²) in [6.45, 7) is 4.23. The Bertz CT molecular complexity index is 719. The molecule has 2 atom stereocenters. The number of thiophene rings is 2. The van der Waals surface area contributed by atoms with Crippen LogP contribution in [0.25, 0.3) is 0 Å². The molecule has 3 N–H and O–H groups in total. The van der Waals surface area contributed by atoms with E-state index >= 15 is 0 Å². The lowest BCUT2D eigenvalue weighted by Gasteiger charge is -2.26. The van der Waals surface area contributed by atoms with Crippen LogP contribution in [0, 0.1) is 6.92 Å². The van der Waals surface area contributed by atoms with Gasteiger partial charge in [-0.3, -0.25) is 4.79 Å². The van der Waals surface area contributed by atoms with Gasteiger partial charge in [0.15, 0.2) is 0 Å². The van der Waals surface area contributed by atoms with E-state index in [4.69, 9.17) is 0 Å². The first-order chi connectivity index (χ1) is 10.1. The van der Waals surface area contributed by atoms with Gasteiger partial charge in [-0.15, -0.1) is 22.7 Å². The van der Waals surface area contributed by atoms with Crippen LogP contribution in [0.3, 0.4) is 0 Å². The third kappa shape index (κ3) is 2.09. The molecule has 0 aromatic carbocycles. The third-order valence-electron chi connectivity index (χ3n) is 4.30. The zero-order chi connectivity index (χ0) is 14.6. The van der Waals surface area contributed by atoms with Crippen molar-refractivity contribution in [2.75, 3.05) is 18.9 Å². The monoisotopic (exact) mass is 320 g/mol. The molecule has 1 unspecified atom stereocenters. The van der Waals surface area contributed by atoms with E-state index in [1.807, 2.05) is 0 Å². The van der Waals surface area contributed by atoms with Crippen LogP contribution in [0.2, 0.25) is 0 Å². The first-order valence-corrected chi connectivity index (χ1v) is 8.90. The second-order valence-corrected chi connectivity index (χ2v) is 7.91. The van der Waals surface area contributed by atoms with Gasteiger partial charge in [0.05, 0.1) is 24.0 Å². The molecular weight excluding hydrogens is 302 g/mol. The topological polar surface area (TPSA) is 45.6 Å². The highest BCUT2D eigenvalue weighted by molar-refractivity contribution is 7.16. The van der Waals surface area contributed by atoms with Crippen molar-refractivity contribution in [3.05, 3.63) is 37.9 Å². The normalized spacial score (nSPS) is 24.0. The smallest absolute Gasteiger partial charge is 0.256 e. The van der Waals surface area contributed by atoms with Gasteiger partial charge in [-0.1, -0.05) is 0 Å². The molecule has 2 aromatic heterocycles. The Hall–Kier alpha value is -1.37. The second-order valence-electron chi connectivity index (χ2n) is 5.86. The Kier molecular flexibility index (Phi) is 3.06. The van der Waals surface area contributed by atoms with Gasteiger partial charge < -0.3 is 15.5 Å². The van der Waals surface area contributed by atoms with E-state index in [9.17, 15) is 4.79 Å². The molecule has 2 aliphatic heterocycles. The van der Waals surface area contributed by atoms with E-state index in [1.165, 1.54) is 25.8 Å². The number of fused-ring (bicyclic) bond motifs is 3. The van der Waals surface area contributed by atoms with E-state index in [0.717, 1.165) is 30.1 Å². The van der Waals surface area contributed by atoms with Crippen LogP contribution in [-0.2, 0) is 13.0 Å². The molecule has 2 aromatic rings. The molecule has 4 heterocycles. The second kappa shape index (κ2) is 4.83. The molecule has 0 saturated heterocycles. The van der Waals surface area contributed by atoms with Crippen LogP contribution < -0.4 is 15.5 Å². The summed E-state index contributed by atoms with van der Waals surface area (Å²) in [5.41, 5.74) is 3.40. The molecule has 0 radical (unpaired) electrons. The number of likely N-dealkylation sites (N-methyl/N-ethyl adjacent to an activating group) is 1. The molecule has 0 aliphatic carbocycles. The summed E-state index contributed by atoms with van der Waals surface area (Å²) in [5.74, 6) is 0.0820. The predicted octanol–water partition coefficient (Wildman–Crippen LogP) is 1.54. The predicted molar refractivity (Wildman–Crippen MR) is 86.4 cm³/mol. The van der Waals surface area contributed by atoms with Gasteiger partial charge in [0, 0.05) is 11.3 Å². The lowest BCUT2D eigenvalue weighted by molar-refractivity contribution is -0.895. The van der Waals surface area contributed by atoms with Crippen molar-refractivity contribution >= 4 is 33.6 Å². The minimum atomic E-state index is -0.0878. The molecule has 110 valence electrons. The Morgan fingerprint density at radius 3 is 3.00 bits per heavy atom. The van der Waals surface area contributed by atoms with Crippen LogP contribution in [0.4, 0.5) is 5.00 Å². The van der Waals surface area contributed by atoms with Gasteiger partial charge >= 0.3 is 0 Å². The van der Waals surface area contributed by atoms with Crippen LogP contribution in [0.15, 0.2) is 11.4 Å². The molecule has 21 heavy (non-hydrogen) atoms. The Morgan fingerprint density at radius 2 is 2.24 bits per heavy atom. The summed E-state index contributed by atoms with van der Waals surface area (Å²) in [5, 5.41) is 9.78. The molecule has 1 amide bonds. The number of aryl methyl sites for hydroxylation is 1. The fourth-order valence-corrected chi connectivity index (χ4v) is 5.46. The molecule has 0 bridgehead atoms. The van der Waals surface area contributed by atoms with Gasteiger partial charge in [0.2, 0.25) is 0 Å². The number of carbonyl (C=O) groups excluding carboxylic acids is 1. The minimum Gasteiger partial charge on any atom is -0.352 e. The highest BCUT2D eigenvalue weighted by atomic mass is 32.1. The number of rotatable bonds is 1. The molecule has 2 aliphatic rings. The summed E-state index contributed by atoms with van der Waals surface area (Å²) in [7, 11) is 2.22. The Balaban J connectivity index is 1.73. The first-order valence-electron chi connectivity index (χ1n) is 7.20. The van der Waals surface area contributed by atoms with Gasteiger partial charge in [0.1, 0.15) is 17.7 Å². The first kappa shape index (κ1) is 13.3. The van der Waals surface area contributed by atoms with Crippen molar-refractivity contribution in [1.82, 2.24) is 5.32 Å². The number of hydrogen-bond donors (Lipinski definition) is 3. The van der Waals surface area contributed by atoms with Crippen molar-refractivity contribution in [1.29, 1.82) is 0 Å². The van der Waals surface area contributed by atoms with E-state index in [1.54, 1.807) is 22.7 Å². The molecule has 0 saturated carbocycles. The van der Waals surface area contributed by atoms with Gasteiger partial charge in [-0.25, -0.2) is 0 Å². The lowest BCUT2D eigenvalue weighted by atomic mass is 10.0. The highest BCUT2D eigenvalue weighted by Gasteiger charge is 2.34. The fraction of sp³-hybridized carbons (Fsp3) is 0.400. The average Bonchev–Trinajstić information content (AvgIpc) is 3.01. The zero-order valence-corrected chi connectivity index (χ0v) is 13.7. The number of hydrogen-bond acceptors (Lipinski definition) is 4. The van der Waals surface area contributed by atoms with Gasteiger partial charge in [0.25, 0.3) is 5.91 Å². The average molecular weight is 320 g/mol. The summed E-state index contributed by atoms with van der Waals surface area (Å²) < 4.78 is 0. The third-order valence-corrected chi connectivity index (χ3v) is 6.54. The number of carbonyl (C=O) groups is 1. The number of nitrogens with one attached hydrogen (secondary N) is 3. The van der Waals surface area contributed by atoms with Crippen LogP contribution in [0.5, 0.6) is 0 Å². The van der Waals surface area contributed by atoms with E-state index in [-0.39, 0.29) is 12.1 Å². The molecule has 0 spiro atoms. The van der Waals surface area contributed by atoms with E-state index < -0.39 is 0 Å². The standard InChI is InChI=1S/C15H17N3OS2/c1-8-4-6-20-12(8)13-16-14(19)11-9-3-5-18(2)7-10(9)21-15(11)17-13/h4,6,13,17H,3,5,7H2,1-2H3,(H,16,19)/p+1/t13-/m0/s1. The molecule has 0 fully saturated rings. The summed E-state index contributed by atoms with van der Waals surface area (Å²) in [6.07, 6.45) is 0.917. The Morgan fingerprint density at radius 1 is 1.38 bits per heavy atom. The lowest BCUT2D eigenvalue weighted by Crippen LogP contribution is -3.08. The minimum absolute atomic E-state index is 0.0820. The number of anilines is 1. The molecule has 4 rings (SSSR count). The van der Waals surface area contributed by atoms with Crippen molar-refractivity contribution in [2.24, 2.45) is 0 Å². The summed E-state index contributed by atoms with van der Waals surface area (Å²) in [6, 6.07) is 2.10. The van der Waals surface area contributed by atoms with Gasteiger partial charge in [-0.2, -0.15) is 0 Å². The van der Waals surface area contributed by atoms with Crippen LogP contribution in [-0.4, -0.2) is 19.5 Å². The van der Waals surface area contributed by atoms with E-state index in [2.05, 4.69) is 36.1 Å². The maximum atomic E-state index is 12.6. The van der Waals surface area contributed by atoms with E-state index in [0.29, 0.717) is 0 Å². The molecular formula is C15H18N3OS2+. The van der Waals surface area contributed by atoms with Crippen molar-refractivity contribution < 1.29 is 9.69 Å². The zero-order valence-electron chi connectivity index (χ0n) is 12.1. The van der Waals surface area contributed by atoms with Crippen molar-refractivity contribution in [3.8, 4) is 0 Å².